The molecule has 0 aromatic rings. The minimum absolute atomic E-state index is 0.265. The van der Waals surface area contributed by atoms with Gasteiger partial charge in [-0.1, -0.05) is 32.9 Å². The van der Waals surface area contributed by atoms with E-state index in [1.54, 1.807) is 0 Å². The van der Waals surface area contributed by atoms with Crippen LogP contribution in [0.15, 0.2) is 12.2 Å². The van der Waals surface area contributed by atoms with E-state index in [9.17, 15) is 0 Å². The lowest BCUT2D eigenvalue weighted by atomic mass is 9.60. The van der Waals surface area contributed by atoms with Crippen molar-refractivity contribution in [2.45, 2.75) is 53.0 Å². The first-order valence-corrected chi connectivity index (χ1v) is 5.17. The summed E-state index contributed by atoms with van der Waals surface area (Å²) in [5.74, 6) is 0. The summed E-state index contributed by atoms with van der Waals surface area (Å²) in [6.45, 7) is 13.2. The molecule has 1 nitrogen and oxygen atoms in total. The van der Waals surface area contributed by atoms with Gasteiger partial charge in [-0.3, -0.25) is 0 Å². The highest BCUT2D eigenvalue weighted by molar-refractivity contribution is 5.10. The average Bonchev–Trinajstić information content (AvgIpc) is 1.79. The van der Waals surface area contributed by atoms with Crippen molar-refractivity contribution >= 4 is 0 Å². The fraction of sp³-hybridized carbons (Fsp3) is 0.833. The van der Waals surface area contributed by atoms with Gasteiger partial charge in [-0.05, 0) is 37.0 Å². The Hall–Kier alpha value is -0.300. The van der Waals surface area contributed by atoms with E-state index in [0.717, 1.165) is 12.8 Å². The summed E-state index contributed by atoms with van der Waals surface area (Å²) >= 11 is 0. The van der Waals surface area contributed by atoms with Crippen LogP contribution < -0.4 is 5.73 Å². The van der Waals surface area contributed by atoms with Gasteiger partial charge in [-0.2, -0.15) is 0 Å². The highest BCUT2D eigenvalue weighted by Crippen LogP contribution is 2.48. The third-order valence-electron chi connectivity index (χ3n) is 3.43. The van der Waals surface area contributed by atoms with Crippen LogP contribution in [0.2, 0.25) is 0 Å². The molecule has 2 N–H and O–H groups in total. The van der Waals surface area contributed by atoms with Gasteiger partial charge in [0.25, 0.3) is 0 Å². The summed E-state index contributed by atoms with van der Waals surface area (Å²) < 4.78 is 0. The van der Waals surface area contributed by atoms with Gasteiger partial charge in [0.1, 0.15) is 0 Å². The van der Waals surface area contributed by atoms with Crippen LogP contribution in [0.1, 0.15) is 47.0 Å². The molecule has 0 saturated heterocycles. The predicted octanol–water partition coefficient (Wildman–Crippen LogP) is 3.11. The summed E-state index contributed by atoms with van der Waals surface area (Å²) in [4.78, 5) is 0. The van der Waals surface area contributed by atoms with E-state index >= 15 is 0 Å². The minimum Gasteiger partial charge on any atom is -0.328 e. The molecule has 0 spiro atoms. The molecular formula is C12H23N. The van der Waals surface area contributed by atoms with E-state index in [4.69, 9.17) is 5.73 Å². The van der Waals surface area contributed by atoms with Gasteiger partial charge in [0.2, 0.25) is 0 Å². The van der Waals surface area contributed by atoms with Crippen LogP contribution in [-0.4, -0.2) is 6.04 Å². The Morgan fingerprint density at radius 3 is 2.23 bits per heavy atom. The maximum atomic E-state index is 6.08. The molecule has 1 heteroatoms. The summed E-state index contributed by atoms with van der Waals surface area (Å²) in [7, 11) is 0. The van der Waals surface area contributed by atoms with Crippen molar-refractivity contribution in [3.05, 3.63) is 12.2 Å². The molecule has 2 atom stereocenters. The predicted molar refractivity (Wildman–Crippen MR) is 58.5 cm³/mol. The molecule has 1 rings (SSSR count). The van der Waals surface area contributed by atoms with Crippen LogP contribution in [0.3, 0.4) is 0 Å². The van der Waals surface area contributed by atoms with Crippen molar-refractivity contribution < 1.29 is 0 Å². The zero-order valence-corrected chi connectivity index (χ0v) is 9.48. The van der Waals surface area contributed by atoms with E-state index in [2.05, 4.69) is 34.3 Å². The largest absolute Gasteiger partial charge is 0.328 e. The van der Waals surface area contributed by atoms with E-state index in [-0.39, 0.29) is 5.41 Å². The Kier molecular flexibility index (Phi) is 2.59. The third kappa shape index (κ3) is 2.34. The molecular weight excluding hydrogens is 158 g/mol. The smallest absolute Gasteiger partial charge is 0.00521 e. The zero-order chi connectivity index (χ0) is 10.3. The monoisotopic (exact) mass is 181 g/mol. The molecule has 0 aromatic heterocycles. The van der Waals surface area contributed by atoms with Crippen LogP contribution in [0, 0.1) is 10.8 Å². The molecule has 1 saturated carbocycles. The topological polar surface area (TPSA) is 26.0 Å². The van der Waals surface area contributed by atoms with Gasteiger partial charge >= 0.3 is 0 Å². The highest BCUT2D eigenvalue weighted by atomic mass is 14.7. The first-order valence-electron chi connectivity index (χ1n) is 5.17. The Morgan fingerprint density at radius 2 is 1.85 bits per heavy atom. The molecule has 0 heterocycles. The molecule has 1 aliphatic rings. The molecule has 0 aliphatic heterocycles. The van der Waals surface area contributed by atoms with Gasteiger partial charge in [-0.25, -0.2) is 0 Å². The van der Waals surface area contributed by atoms with Gasteiger partial charge in [0, 0.05) is 6.04 Å². The fourth-order valence-electron chi connectivity index (χ4n) is 2.89. The maximum Gasteiger partial charge on any atom is 0.00521 e. The van der Waals surface area contributed by atoms with Gasteiger partial charge in [0.05, 0.1) is 0 Å². The van der Waals surface area contributed by atoms with E-state index in [1.165, 1.54) is 12.0 Å². The second kappa shape index (κ2) is 3.13. The molecule has 0 aromatic carbocycles. The summed E-state index contributed by atoms with van der Waals surface area (Å²) in [6.07, 6.45) is 3.48. The molecule has 13 heavy (non-hydrogen) atoms. The molecule has 2 unspecified atom stereocenters. The van der Waals surface area contributed by atoms with Crippen molar-refractivity contribution in [3.8, 4) is 0 Å². The summed E-state index contributed by atoms with van der Waals surface area (Å²) in [5, 5.41) is 0. The Balaban J connectivity index is 2.84. The fourth-order valence-corrected chi connectivity index (χ4v) is 2.89. The van der Waals surface area contributed by atoms with Crippen LogP contribution in [0.5, 0.6) is 0 Å². The van der Waals surface area contributed by atoms with Gasteiger partial charge in [0.15, 0.2) is 0 Å². The second-order valence-electron chi connectivity index (χ2n) is 5.85. The Labute approximate surface area is 82.4 Å². The molecule has 1 fully saturated rings. The quantitative estimate of drug-likeness (QED) is 0.618. The van der Waals surface area contributed by atoms with E-state index < -0.39 is 0 Å². The average molecular weight is 181 g/mol. The number of rotatable bonds is 1. The van der Waals surface area contributed by atoms with Crippen molar-refractivity contribution in [1.82, 2.24) is 0 Å². The van der Waals surface area contributed by atoms with Gasteiger partial charge < -0.3 is 5.73 Å². The first kappa shape index (κ1) is 10.8. The van der Waals surface area contributed by atoms with Crippen LogP contribution in [0.4, 0.5) is 0 Å². The molecule has 76 valence electrons. The molecule has 1 aliphatic carbocycles. The molecule has 0 bridgehead atoms. The second-order valence-corrected chi connectivity index (χ2v) is 5.85. The van der Waals surface area contributed by atoms with Crippen LogP contribution in [-0.2, 0) is 0 Å². The number of hydrogen-bond donors (Lipinski definition) is 1. The highest BCUT2D eigenvalue weighted by Gasteiger charge is 2.40. The Bertz CT molecular complexity index is 217. The molecule has 0 amide bonds. The lowest BCUT2D eigenvalue weighted by molar-refractivity contribution is 0.112. The lowest BCUT2D eigenvalue weighted by Gasteiger charge is -2.46. The van der Waals surface area contributed by atoms with Crippen molar-refractivity contribution in [2.24, 2.45) is 16.6 Å². The van der Waals surface area contributed by atoms with Gasteiger partial charge in [-0.15, -0.1) is 0 Å². The normalized spacial score (nSPS) is 38.7. The standard InChI is InChI=1S/C12H23N/c1-9(2)12(5)7-10(13)6-11(3,4)8-12/h10H,1,6-8,13H2,2-5H3. The summed E-state index contributed by atoms with van der Waals surface area (Å²) in [6, 6.07) is 0.352. The summed E-state index contributed by atoms with van der Waals surface area (Å²) in [5.41, 5.74) is 8.02. The SMILES string of the molecule is C=C(C)C1(C)CC(N)CC(C)(C)C1. The van der Waals surface area contributed by atoms with Crippen LogP contribution >= 0.6 is 0 Å². The van der Waals surface area contributed by atoms with E-state index in [0.29, 0.717) is 11.5 Å². The van der Waals surface area contributed by atoms with Crippen molar-refractivity contribution in [2.75, 3.05) is 0 Å². The third-order valence-corrected chi connectivity index (χ3v) is 3.43. The maximum absolute atomic E-state index is 6.08. The number of hydrogen-bond acceptors (Lipinski definition) is 1. The van der Waals surface area contributed by atoms with Crippen LogP contribution in [0.25, 0.3) is 0 Å². The van der Waals surface area contributed by atoms with E-state index in [1.807, 2.05) is 0 Å². The first-order chi connectivity index (χ1) is 5.75. The Morgan fingerprint density at radius 1 is 1.31 bits per heavy atom. The number of nitrogens with two attached hydrogens (primary N) is 1. The minimum atomic E-state index is 0.265. The number of allylic oxidation sites excluding steroid dienone is 1. The zero-order valence-electron chi connectivity index (χ0n) is 9.48. The van der Waals surface area contributed by atoms with Crippen molar-refractivity contribution in [1.29, 1.82) is 0 Å². The van der Waals surface area contributed by atoms with Crippen molar-refractivity contribution in [3.63, 3.8) is 0 Å². The lowest BCUT2D eigenvalue weighted by Crippen LogP contribution is -2.42. The molecule has 0 radical (unpaired) electrons.